The summed E-state index contributed by atoms with van der Waals surface area (Å²) in [5.41, 5.74) is 1.08. The maximum absolute atomic E-state index is 11.7. The standard InChI is InChI=1S/C12H9NO2S/c14-11(9-2-1-4-13-7-9)6-12(15)10-3-5-16-8-10/h1-5,7-8H,6H2. The molecule has 0 aromatic carbocycles. The van der Waals surface area contributed by atoms with E-state index in [-0.39, 0.29) is 18.0 Å². The quantitative estimate of drug-likeness (QED) is 0.600. The predicted octanol–water partition coefficient (Wildman–Crippen LogP) is 2.60. The fourth-order valence-corrected chi connectivity index (χ4v) is 1.96. The maximum Gasteiger partial charge on any atom is 0.172 e. The van der Waals surface area contributed by atoms with Gasteiger partial charge in [-0.25, -0.2) is 0 Å². The minimum Gasteiger partial charge on any atom is -0.294 e. The van der Waals surface area contributed by atoms with Crippen LogP contribution >= 0.6 is 11.3 Å². The molecule has 0 saturated carbocycles. The summed E-state index contributed by atoms with van der Waals surface area (Å²) in [5.74, 6) is -0.334. The maximum atomic E-state index is 11.7. The van der Waals surface area contributed by atoms with Crippen molar-refractivity contribution in [2.45, 2.75) is 6.42 Å². The van der Waals surface area contributed by atoms with E-state index in [9.17, 15) is 9.59 Å². The molecule has 4 heteroatoms. The van der Waals surface area contributed by atoms with Crippen molar-refractivity contribution in [3.63, 3.8) is 0 Å². The van der Waals surface area contributed by atoms with E-state index in [0.29, 0.717) is 11.1 Å². The second-order valence-electron chi connectivity index (χ2n) is 3.28. The molecule has 2 heterocycles. The van der Waals surface area contributed by atoms with Gasteiger partial charge in [0.1, 0.15) is 0 Å². The van der Waals surface area contributed by atoms with Crippen molar-refractivity contribution in [1.29, 1.82) is 0 Å². The Kier molecular flexibility index (Phi) is 3.22. The van der Waals surface area contributed by atoms with Crippen molar-refractivity contribution in [2.24, 2.45) is 0 Å². The molecule has 2 aromatic rings. The van der Waals surface area contributed by atoms with Crippen LogP contribution in [0.2, 0.25) is 0 Å². The molecule has 0 aliphatic carbocycles. The van der Waals surface area contributed by atoms with E-state index >= 15 is 0 Å². The largest absolute Gasteiger partial charge is 0.294 e. The smallest absolute Gasteiger partial charge is 0.172 e. The summed E-state index contributed by atoms with van der Waals surface area (Å²) >= 11 is 1.45. The first kappa shape index (κ1) is 10.7. The van der Waals surface area contributed by atoms with Gasteiger partial charge < -0.3 is 0 Å². The molecule has 0 N–H and O–H groups in total. The van der Waals surface area contributed by atoms with E-state index in [1.807, 2.05) is 5.38 Å². The number of aromatic nitrogens is 1. The number of Topliss-reactive ketones (excluding diaryl/α,β-unsaturated/α-hetero) is 2. The highest BCUT2D eigenvalue weighted by molar-refractivity contribution is 7.08. The minimum absolute atomic E-state index is 0.0948. The molecule has 0 amide bonds. The molecular formula is C12H9NO2S. The molecule has 3 nitrogen and oxygen atoms in total. The number of carbonyl (C=O) groups is 2. The van der Waals surface area contributed by atoms with E-state index in [4.69, 9.17) is 0 Å². The first-order chi connectivity index (χ1) is 7.77. The average molecular weight is 231 g/mol. The Morgan fingerprint density at radius 1 is 1.19 bits per heavy atom. The number of hydrogen-bond donors (Lipinski definition) is 0. The molecule has 2 rings (SSSR count). The topological polar surface area (TPSA) is 47.0 Å². The third-order valence-corrected chi connectivity index (χ3v) is 2.83. The number of ketones is 2. The number of hydrogen-bond acceptors (Lipinski definition) is 4. The Bertz CT molecular complexity index is 491. The molecule has 2 aromatic heterocycles. The molecule has 0 fully saturated rings. The van der Waals surface area contributed by atoms with Crippen LogP contribution in [0.5, 0.6) is 0 Å². The molecule has 0 aliphatic heterocycles. The Hall–Kier alpha value is -1.81. The molecule has 0 unspecified atom stereocenters. The van der Waals surface area contributed by atoms with Crippen molar-refractivity contribution in [1.82, 2.24) is 4.98 Å². The van der Waals surface area contributed by atoms with E-state index < -0.39 is 0 Å². The van der Waals surface area contributed by atoms with Crippen molar-refractivity contribution in [3.05, 3.63) is 52.5 Å². The van der Waals surface area contributed by atoms with Crippen LogP contribution in [0, 0.1) is 0 Å². The summed E-state index contributed by atoms with van der Waals surface area (Å²) in [4.78, 5) is 27.2. The zero-order chi connectivity index (χ0) is 11.4. The lowest BCUT2D eigenvalue weighted by Crippen LogP contribution is -2.07. The van der Waals surface area contributed by atoms with Gasteiger partial charge >= 0.3 is 0 Å². The van der Waals surface area contributed by atoms with E-state index in [1.165, 1.54) is 17.5 Å². The van der Waals surface area contributed by atoms with Crippen LogP contribution in [0.1, 0.15) is 27.1 Å². The van der Waals surface area contributed by atoms with Crippen molar-refractivity contribution in [3.8, 4) is 0 Å². The van der Waals surface area contributed by atoms with Gasteiger partial charge in [-0.3, -0.25) is 14.6 Å². The van der Waals surface area contributed by atoms with E-state index in [0.717, 1.165) is 0 Å². The number of carbonyl (C=O) groups excluding carboxylic acids is 2. The summed E-state index contributed by atoms with van der Waals surface area (Å²) in [6.07, 6.45) is 2.98. The molecule has 80 valence electrons. The summed E-state index contributed by atoms with van der Waals surface area (Å²) in [6.45, 7) is 0. The summed E-state index contributed by atoms with van der Waals surface area (Å²) in [7, 11) is 0. The van der Waals surface area contributed by atoms with E-state index in [1.54, 1.807) is 29.8 Å². The van der Waals surface area contributed by atoms with Gasteiger partial charge in [-0.15, -0.1) is 0 Å². The monoisotopic (exact) mass is 231 g/mol. The zero-order valence-electron chi connectivity index (χ0n) is 8.42. The SMILES string of the molecule is O=C(CC(=O)c1ccsc1)c1cccnc1. The van der Waals surface area contributed by atoms with Gasteiger partial charge in [-0.1, -0.05) is 0 Å². The van der Waals surface area contributed by atoms with Gasteiger partial charge in [-0.2, -0.15) is 11.3 Å². The Labute approximate surface area is 96.8 Å². The highest BCUT2D eigenvalue weighted by Gasteiger charge is 2.13. The highest BCUT2D eigenvalue weighted by atomic mass is 32.1. The van der Waals surface area contributed by atoms with Crippen molar-refractivity contribution in [2.75, 3.05) is 0 Å². The number of rotatable bonds is 4. The zero-order valence-corrected chi connectivity index (χ0v) is 9.24. The normalized spacial score (nSPS) is 10.0. The van der Waals surface area contributed by atoms with Gasteiger partial charge in [0, 0.05) is 28.9 Å². The summed E-state index contributed by atoms with van der Waals surface area (Å²) in [5, 5.41) is 3.57. The highest BCUT2D eigenvalue weighted by Crippen LogP contribution is 2.11. The fraction of sp³-hybridized carbons (Fsp3) is 0.0833. The van der Waals surface area contributed by atoms with Crippen LogP contribution in [0.15, 0.2) is 41.4 Å². The molecule has 0 aliphatic rings. The third-order valence-electron chi connectivity index (χ3n) is 2.15. The van der Waals surface area contributed by atoms with Crippen LogP contribution < -0.4 is 0 Å². The second-order valence-corrected chi connectivity index (χ2v) is 4.06. The molecule has 0 radical (unpaired) electrons. The Morgan fingerprint density at radius 2 is 2.00 bits per heavy atom. The second kappa shape index (κ2) is 4.81. The molecule has 16 heavy (non-hydrogen) atoms. The number of pyridine rings is 1. The summed E-state index contributed by atoms with van der Waals surface area (Å²) < 4.78 is 0. The molecule has 0 atom stereocenters. The lowest BCUT2D eigenvalue weighted by atomic mass is 10.1. The average Bonchev–Trinajstić information content (AvgIpc) is 2.83. The van der Waals surface area contributed by atoms with E-state index in [2.05, 4.69) is 4.98 Å². The van der Waals surface area contributed by atoms with Gasteiger partial charge in [0.05, 0.1) is 6.42 Å². The molecule has 0 saturated heterocycles. The lowest BCUT2D eigenvalue weighted by Gasteiger charge is -1.98. The van der Waals surface area contributed by atoms with Crippen LogP contribution in [0.3, 0.4) is 0 Å². The van der Waals surface area contributed by atoms with Gasteiger partial charge in [0.25, 0.3) is 0 Å². The Balaban J connectivity index is 2.06. The van der Waals surface area contributed by atoms with Gasteiger partial charge in [0.2, 0.25) is 0 Å². The first-order valence-corrected chi connectivity index (χ1v) is 5.70. The molecule has 0 bridgehead atoms. The van der Waals surface area contributed by atoms with Crippen molar-refractivity contribution >= 4 is 22.9 Å². The lowest BCUT2D eigenvalue weighted by molar-refractivity contribution is 0.0894. The van der Waals surface area contributed by atoms with Gasteiger partial charge in [-0.05, 0) is 23.6 Å². The molecular weight excluding hydrogens is 222 g/mol. The van der Waals surface area contributed by atoms with Gasteiger partial charge in [0.15, 0.2) is 11.6 Å². The minimum atomic E-state index is -0.190. The number of nitrogens with zero attached hydrogens (tertiary/aromatic N) is 1. The van der Waals surface area contributed by atoms with Crippen LogP contribution in [-0.4, -0.2) is 16.6 Å². The van der Waals surface area contributed by atoms with Crippen LogP contribution in [0.4, 0.5) is 0 Å². The Morgan fingerprint density at radius 3 is 2.62 bits per heavy atom. The van der Waals surface area contributed by atoms with Crippen LogP contribution in [-0.2, 0) is 0 Å². The molecule has 0 spiro atoms. The first-order valence-electron chi connectivity index (χ1n) is 4.76. The fourth-order valence-electron chi connectivity index (χ4n) is 1.30. The number of thiophene rings is 1. The summed E-state index contributed by atoms with van der Waals surface area (Å²) in [6, 6.07) is 5.07. The van der Waals surface area contributed by atoms with Crippen molar-refractivity contribution < 1.29 is 9.59 Å². The van der Waals surface area contributed by atoms with Crippen LogP contribution in [0.25, 0.3) is 0 Å². The predicted molar refractivity (Wildman–Crippen MR) is 61.8 cm³/mol. The third kappa shape index (κ3) is 2.41.